The second-order valence-corrected chi connectivity index (χ2v) is 7.36. The Morgan fingerprint density at radius 1 is 0.667 bits per heavy atom. The number of hydrogen-bond acceptors (Lipinski definition) is 0. The van der Waals surface area contributed by atoms with Crippen LogP contribution in [0, 0.1) is 41.5 Å². The van der Waals surface area contributed by atoms with Gasteiger partial charge in [-0.1, -0.05) is 26.0 Å². The Morgan fingerprint density at radius 2 is 1.19 bits per heavy atom. The summed E-state index contributed by atoms with van der Waals surface area (Å²) >= 11 is 0. The molecule has 1 aliphatic rings. The van der Waals surface area contributed by atoms with E-state index in [0.29, 0.717) is 0 Å². The number of aryl methyl sites for hydroxylation is 2. The van der Waals surface area contributed by atoms with E-state index in [1.165, 1.54) is 50.1 Å². The molecule has 0 aromatic heterocycles. The van der Waals surface area contributed by atoms with Crippen LogP contribution in [0.4, 0.5) is 0 Å². The molecule has 0 bridgehead atoms. The van der Waals surface area contributed by atoms with E-state index in [-0.39, 0.29) is 5.41 Å². The van der Waals surface area contributed by atoms with Gasteiger partial charge in [0.2, 0.25) is 0 Å². The molecule has 0 fully saturated rings. The lowest BCUT2D eigenvalue weighted by Gasteiger charge is -2.26. The van der Waals surface area contributed by atoms with Gasteiger partial charge >= 0.3 is 0 Å². The molecule has 1 aliphatic carbocycles. The highest BCUT2D eigenvalue weighted by Gasteiger charge is 2.38. The van der Waals surface area contributed by atoms with Crippen LogP contribution in [0.5, 0.6) is 0 Å². The van der Waals surface area contributed by atoms with Gasteiger partial charge in [0.05, 0.1) is 0 Å². The Hall–Kier alpha value is -1.56. The highest BCUT2D eigenvalue weighted by molar-refractivity contribution is 5.86. The molecule has 0 unspecified atom stereocenters. The normalized spacial score (nSPS) is 15.0. The Bertz CT molecular complexity index is 774. The van der Waals surface area contributed by atoms with Crippen molar-refractivity contribution in [1.82, 2.24) is 0 Å². The molecular weight excluding hydrogens is 252 g/mol. The third-order valence-corrected chi connectivity index (χ3v) is 5.89. The van der Waals surface area contributed by atoms with E-state index in [2.05, 4.69) is 67.5 Å². The quantitative estimate of drug-likeness (QED) is 0.567. The fraction of sp³-hybridized carbons (Fsp3) is 0.429. The van der Waals surface area contributed by atoms with Crippen molar-refractivity contribution in [3.8, 4) is 11.1 Å². The van der Waals surface area contributed by atoms with Gasteiger partial charge in [-0.25, -0.2) is 0 Å². The molecule has 0 radical (unpaired) electrons. The fourth-order valence-corrected chi connectivity index (χ4v) is 4.11. The van der Waals surface area contributed by atoms with Crippen molar-refractivity contribution in [3.05, 3.63) is 56.6 Å². The van der Waals surface area contributed by atoms with Gasteiger partial charge in [-0.2, -0.15) is 0 Å². The molecule has 0 saturated carbocycles. The van der Waals surface area contributed by atoms with Crippen LogP contribution in [0.15, 0.2) is 12.1 Å². The van der Waals surface area contributed by atoms with Crippen molar-refractivity contribution in [2.45, 2.75) is 60.8 Å². The van der Waals surface area contributed by atoms with Crippen LogP contribution in [-0.2, 0) is 5.41 Å². The van der Waals surface area contributed by atoms with E-state index >= 15 is 0 Å². The first-order valence-electron chi connectivity index (χ1n) is 7.90. The topological polar surface area (TPSA) is 0 Å². The van der Waals surface area contributed by atoms with Crippen molar-refractivity contribution < 1.29 is 0 Å². The minimum absolute atomic E-state index is 0.108. The highest BCUT2D eigenvalue weighted by Crippen LogP contribution is 2.53. The van der Waals surface area contributed by atoms with E-state index in [9.17, 15) is 0 Å². The van der Waals surface area contributed by atoms with Gasteiger partial charge in [0.25, 0.3) is 0 Å². The fourth-order valence-electron chi connectivity index (χ4n) is 4.11. The van der Waals surface area contributed by atoms with Gasteiger partial charge in [-0.05, 0) is 97.2 Å². The number of hydrogen-bond donors (Lipinski definition) is 0. The molecule has 3 rings (SSSR count). The van der Waals surface area contributed by atoms with E-state index in [1.54, 1.807) is 5.56 Å². The maximum atomic E-state index is 2.41. The zero-order valence-corrected chi connectivity index (χ0v) is 14.7. The van der Waals surface area contributed by atoms with Gasteiger partial charge in [0.1, 0.15) is 0 Å². The maximum Gasteiger partial charge on any atom is 0.0161 e. The molecule has 0 aliphatic heterocycles. The molecule has 0 spiro atoms. The van der Waals surface area contributed by atoms with Gasteiger partial charge in [-0.3, -0.25) is 0 Å². The molecule has 110 valence electrons. The summed E-state index contributed by atoms with van der Waals surface area (Å²) in [5, 5.41) is 0. The van der Waals surface area contributed by atoms with E-state index in [0.717, 1.165) is 0 Å². The van der Waals surface area contributed by atoms with Crippen LogP contribution < -0.4 is 0 Å². The molecule has 0 amide bonds. The number of fused-ring (bicyclic) bond motifs is 3. The standard InChI is InChI=1S/C21H26/c1-11-9-17-18(10-12(11)2)21(7,8)20-16(6)14(4)13(3)15(5)19(17)20/h9-10H,1-8H3. The lowest BCUT2D eigenvalue weighted by Crippen LogP contribution is -2.18. The van der Waals surface area contributed by atoms with Crippen molar-refractivity contribution in [1.29, 1.82) is 0 Å². The predicted octanol–water partition coefficient (Wildman–Crippen LogP) is 5.84. The van der Waals surface area contributed by atoms with Crippen molar-refractivity contribution >= 4 is 0 Å². The van der Waals surface area contributed by atoms with Crippen molar-refractivity contribution in [3.63, 3.8) is 0 Å². The van der Waals surface area contributed by atoms with E-state index in [1.807, 2.05) is 0 Å². The summed E-state index contributed by atoms with van der Waals surface area (Å²) in [7, 11) is 0. The molecule has 21 heavy (non-hydrogen) atoms. The van der Waals surface area contributed by atoms with Crippen LogP contribution in [0.1, 0.15) is 58.4 Å². The third-order valence-electron chi connectivity index (χ3n) is 5.89. The van der Waals surface area contributed by atoms with Crippen LogP contribution in [-0.4, -0.2) is 0 Å². The summed E-state index contributed by atoms with van der Waals surface area (Å²) in [6, 6.07) is 4.81. The lowest BCUT2D eigenvalue weighted by molar-refractivity contribution is 0.653. The summed E-state index contributed by atoms with van der Waals surface area (Å²) in [6.07, 6.45) is 0. The predicted molar refractivity (Wildman–Crippen MR) is 92.4 cm³/mol. The van der Waals surface area contributed by atoms with E-state index in [4.69, 9.17) is 0 Å². The number of rotatable bonds is 0. The summed E-state index contributed by atoms with van der Waals surface area (Å²) in [6.45, 7) is 18.3. The lowest BCUT2D eigenvalue weighted by atomic mass is 9.77. The zero-order chi connectivity index (χ0) is 15.7. The molecule has 0 nitrogen and oxygen atoms in total. The highest BCUT2D eigenvalue weighted by atomic mass is 14.4. The van der Waals surface area contributed by atoms with Gasteiger partial charge in [0.15, 0.2) is 0 Å². The van der Waals surface area contributed by atoms with Crippen LogP contribution in [0.25, 0.3) is 11.1 Å². The van der Waals surface area contributed by atoms with Crippen LogP contribution in [0.3, 0.4) is 0 Å². The minimum Gasteiger partial charge on any atom is -0.0543 e. The first kappa shape index (κ1) is 14.4. The summed E-state index contributed by atoms with van der Waals surface area (Å²) in [5.41, 5.74) is 14.8. The first-order valence-corrected chi connectivity index (χ1v) is 7.90. The smallest absolute Gasteiger partial charge is 0.0161 e. The molecule has 0 atom stereocenters. The SMILES string of the molecule is Cc1cc2c(cc1C)C(C)(C)c1c(C)c(C)c(C)c(C)c1-2. The average molecular weight is 278 g/mol. The Labute approximate surface area is 129 Å². The maximum absolute atomic E-state index is 2.41. The largest absolute Gasteiger partial charge is 0.0543 e. The molecule has 0 heteroatoms. The minimum atomic E-state index is 0.108. The summed E-state index contributed by atoms with van der Waals surface area (Å²) in [5.74, 6) is 0. The first-order chi connectivity index (χ1) is 9.67. The monoisotopic (exact) mass is 278 g/mol. The van der Waals surface area contributed by atoms with Gasteiger partial charge < -0.3 is 0 Å². The Morgan fingerprint density at radius 3 is 1.81 bits per heavy atom. The van der Waals surface area contributed by atoms with Crippen LogP contribution >= 0.6 is 0 Å². The molecule has 0 N–H and O–H groups in total. The molecular formula is C21H26. The summed E-state index contributed by atoms with van der Waals surface area (Å²) in [4.78, 5) is 0. The average Bonchev–Trinajstić information content (AvgIpc) is 2.63. The molecule has 2 aromatic rings. The van der Waals surface area contributed by atoms with Gasteiger partial charge in [0, 0.05) is 5.41 Å². The molecule has 0 saturated heterocycles. The molecule has 2 aromatic carbocycles. The van der Waals surface area contributed by atoms with E-state index < -0.39 is 0 Å². The van der Waals surface area contributed by atoms with Gasteiger partial charge in [-0.15, -0.1) is 0 Å². The second kappa shape index (κ2) is 4.22. The third kappa shape index (κ3) is 1.68. The zero-order valence-electron chi connectivity index (χ0n) is 14.7. The summed E-state index contributed by atoms with van der Waals surface area (Å²) < 4.78 is 0. The molecule has 0 heterocycles. The Kier molecular flexibility index (Phi) is 2.89. The van der Waals surface area contributed by atoms with Crippen LogP contribution in [0.2, 0.25) is 0 Å². The van der Waals surface area contributed by atoms with Crippen molar-refractivity contribution in [2.75, 3.05) is 0 Å². The van der Waals surface area contributed by atoms with Crippen molar-refractivity contribution in [2.24, 2.45) is 0 Å². The second-order valence-electron chi connectivity index (χ2n) is 7.36. The Balaban J connectivity index is 2.52. The number of benzene rings is 2.